The van der Waals surface area contributed by atoms with Crippen molar-refractivity contribution < 1.29 is 0 Å². The first kappa shape index (κ1) is 10.7. The minimum atomic E-state index is 0.770. The zero-order valence-electron chi connectivity index (χ0n) is 8.64. The molecule has 1 aromatic heterocycles. The number of hydrogen-bond acceptors (Lipinski definition) is 2. The number of rotatable bonds is 3. The summed E-state index contributed by atoms with van der Waals surface area (Å²) >= 11 is 5.43. The lowest BCUT2D eigenvalue weighted by molar-refractivity contribution is 0.241. The zero-order chi connectivity index (χ0) is 10.1. The van der Waals surface area contributed by atoms with E-state index in [-0.39, 0.29) is 0 Å². The Morgan fingerprint density at radius 3 is 2.79 bits per heavy atom. The normalized spacial score (nSPS) is 26.2. The second-order valence-corrected chi connectivity index (χ2v) is 6.47. The highest BCUT2D eigenvalue weighted by atomic mass is 79.9. The van der Waals surface area contributed by atoms with Crippen LogP contribution in [0.4, 0.5) is 0 Å². The number of halogens is 1. The van der Waals surface area contributed by atoms with E-state index in [1.165, 1.54) is 27.1 Å². The summed E-state index contributed by atoms with van der Waals surface area (Å²) in [7, 11) is 0. The lowest BCUT2D eigenvalue weighted by Crippen LogP contribution is -2.39. The number of thiophene rings is 1. The number of hydrogen-bond donors (Lipinski definition) is 1. The maximum absolute atomic E-state index is 3.60. The molecule has 0 amide bonds. The highest BCUT2D eigenvalue weighted by molar-refractivity contribution is 9.10. The standard InChI is InChI=1S/C11H16BrNS/c1-7-3-9(4-7)13-6-10-5-11(12)8(2)14-10/h5,7,9,13H,3-4,6H2,1-2H3. The molecule has 0 radical (unpaired) electrons. The predicted octanol–water partition coefficient (Wildman–Crippen LogP) is 3.71. The molecule has 0 atom stereocenters. The Balaban J connectivity index is 1.80. The van der Waals surface area contributed by atoms with Crippen LogP contribution in [-0.2, 0) is 6.54 Å². The molecule has 1 nitrogen and oxygen atoms in total. The van der Waals surface area contributed by atoms with Crippen molar-refractivity contribution in [2.45, 2.75) is 39.3 Å². The third-order valence-corrected chi connectivity index (χ3v) is 4.98. The third-order valence-electron chi connectivity index (χ3n) is 2.85. The van der Waals surface area contributed by atoms with Gasteiger partial charge < -0.3 is 5.32 Å². The Kier molecular flexibility index (Phi) is 3.30. The van der Waals surface area contributed by atoms with Crippen LogP contribution in [0.2, 0.25) is 0 Å². The molecule has 1 aliphatic rings. The van der Waals surface area contributed by atoms with Crippen molar-refractivity contribution in [2.75, 3.05) is 0 Å². The van der Waals surface area contributed by atoms with Crippen LogP contribution in [0.25, 0.3) is 0 Å². The van der Waals surface area contributed by atoms with Crippen molar-refractivity contribution in [2.24, 2.45) is 5.92 Å². The molecule has 78 valence electrons. The largest absolute Gasteiger partial charge is 0.309 e. The molecule has 1 fully saturated rings. The van der Waals surface area contributed by atoms with Crippen LogP contribution in [0.15, 0.2) is 10.5 Å². The SMILES string of the molecule is Cc1sc(CNC2CC(C)C2)cc1Br. The molecule has 1 heterocycles. The van der Waals surface area contributed by atoms with E-state index in [1.54, 1.807) is 0 Å². The third kappa shape index (κ3) is 2.38. The van der Waals surface area contributed by atoms with Crippen molar-refractivity contribution in [1.29, 1.82) is 0 Å². The van der Waals surface area contributed by atoms with E-state index in [0.717, 1.165) is 18.5 Å². The molecule has 1 saturated carbocycles. The van der Waals surface area contributed by atoms with Crippen LogP contribution in [0.3, 0.4) is 0 Å². The summed E-state index contributed by atoms with van der Waals surface area (Å²) < 4.78 is 1.25. The quantitative estimate of drug-likeness (QED) is 0.886. The van der Waals surface area contributed by atoms with Gasteiger partial charge in [0.25, 0.3) is 0 Å². The van der Waals surface area contributed by atoms with Gasteiger partial charge in [-0.2, -0.15) is 0 Å². The lowest BCUT2D eigenvalue weighted by atomic mass is 9.82. The van der Waals surface area contributed by atoms with Crippen molar-refractivity contribution in [3.05, 3.63) is 20.3 Å². The first-order chi connectivity index (χ1) is 6.65. The molecule has 2 rings (SSSR count). The Morgan fingerprint density at radius 1 is 1.57 bits per heavy atom. The minimum absolute atomic E-state index is 0.770. The van der Waals surface area contributed by atoms with Gasteiger partial charge in [0.1, 0.15) is 0 Å². The van der Waals surface area contributed by atoms with Crippen molar-refractivity contribution in [3.63, 3.8) is 0 Å². The van der Waals surface area contributed by atoms with Crippen LogP contribution in [-0.4, -0.2) is 6.04 Å². The fourth-order valence-corrected chi connectivity index (χ4v) is 3.47. The van der Waals surface area contributed by atoms with Gasteiger partial charge in [0, 0.05) is 26.8 Å². The maximum Gasteiger partial charge on any atom is 0.0314 e. The number of aryl methyl sites for hydroxylation is 1. The van der Waals surface area contributed by atoms with Gasteiger partial charge in [0.15, 0.2) is 0 Å². The summed E-state index contributed by atoms with van der Waals surface area (Å²) in [5, 5.41) is 3.60. The van der Waals surface area contributed by atoms with Gasteiger partial charge in [-0.1, -0.05) is 6.92 Å². The highest BCUT2D eigenvalue weighted by Gasteiger charge is 2.24. The summed E-state index contributed by atoms with van der Waals surface area (Å²) in [6.45, 7) is 5.52. The summed E-state index contributed by atoms with van der Waals surface area (Å²) in [6.07, 6.45) is 2.71. The van der Waals surface area contributed by atoms with E-state index in [9.17, 15) is 0 Å². The molecule has 0 unspecified atom stereocenters. The van der Waals surface area contributed by atoms with Gasteiger partial charge in [-0.25, -0.2) is 0 Å². The fourth-order valence-electron chi connectivity index (χ4n) is 1.92. The van der Waals surface area contributed by atoms with Crippen molar-refractivity contribution >= 4 is 27.3 Å². The van der Waals surface area contributed by atoms with E-state index in [1.807, 2.05) is 11.3 Å². The second-order valence-electron chi connectivity index (χ2n) is 4.27. The molecule has 14 heavy (non-hydrogen) atoms. The highest BCUT2D eigenvalue weighted by Crippen LogP contribution is 2.29. The molecule has 1 aromatic rings. The second kappa shape index (κ2) is 4.33. The lowest BCUT2D eigenvalue weighted by Gasteiger charge is -2.33. The molecule has 0 aromatic carbocycles. The molecule has 1 N–H and O–H groups in total. The Bertz CT molecular complexity index is 296. The van der Waals surface area contributed by atoms with Crippen LogP contribution in [0, 0.1) is 12.8 Å². The van der Waals surface area contributed by atoms with Gasteiger partial charge >= 0.3 is 0 Å². The zero-order valence-corrected chi connectivity index (χ0v) is 11.0. The molecule has 0 bridgehead atoms. The molecule has 1 aliphatic carbocycles. The van der Waals surface area contributed by atoms with Gasteiger partial charge in [-0.3, -0.25) is 0 Å². The smallest absolute Gasteiger partial charge is 0.0314 e. The van der Waals surface area contributed by atoms with Crippen LogP contribution in [0.5, 0.6) is 0 Å². The van der Waals surface area contributed by atoms with E-state index >= 15 is 0 Å². The molecule has 3 heteroatoms. The van der Waals surface area contributed by atoms with E-state index in [0.29, 0.717) is 0 Å². The molecule has 0 saturated heterocycles. The molecular formula is C11H16BrNS. The Labute approximate surface area is 98.0 Å². The topological polar surface area (TPSA) is 12.0 Å². The van der Waals surface area contributed by atoms with Crippen LogP contribution in [0.1, 0.15) is 29.5 Å². The fraction of sp³-hybridized carbons (Fsp3) is 0.636. The number of nitrogens with one attached hydrogen (secondary N) is 1. The maximum atomic E-state index is 3.60. The van der Waals surface area contributed by atoms with Gasteiger partial charge in [-0.05, 0) is 47.7 Å². The Morgan fingerprint density at radius 2 is 2.29 bits per heavy atom. The van der Waals surface area contributed by atoms with Gasteiger partial charge in [-0.15, -0.1) is 11.3 Å². The van der Waals surface area contributed by atoms with Crippen LogP contribution >= 0.6 is 27.3 Å². The van der Waals surface area contributed by atoms with Crippen molar-refractivity contribution in [3.8, 4) is 0 Å². The van der Waals surface area contributed by atoms with Crippen molar-refractivity contribution in [1.82, 2.24) is 5.32 Å². The molecular weight excluding hydrogens is 258 g/mol. The monoisotopic (exact) mass is 273 g/mol. The van der Waals surface area contributed by atoms with E-state index in [4.69, 9.17) is 0 Å². The summed E-state index contributed by atoms with van der Waals surface area (Å²) in [5.74, 6) is 0.935. The van der Waals surface area contributed by atoms with Gasteiger partial charge in [0.05, 0.1) is 0 Å². The summed E-state index contributed by atoms with van der Waals surface area (Å²) in [5.41, 5.74) is 0. The van der Waals surface area contributed by atoms with Crippen LogP contribution < -0.4 is 5.32 Å². The Hall–Kier alpha value is 0.140. The van der Waals surface area contributed by atoms with E-state index in [2.05, 4.69) is 41.2 Å². The van der Waals surface area contributed by atoms with Gasteiger partial charge in [0.2, 0.25) is 0 Å². The predicted molar refractivity (Wildman–Crippen MR) is 65.8 cm³/mol. The first-order valence-corrected chi connectivity index (χ1v) is 6.74. The minimum Gasteiger partial charge on any atom is -0.309 e. The average Bonchev–Trinajstić information content (AvgIpc) is 2.39. The summed E-state index contributed by atoms with van der Waals surface area (Å²) in [6, 6.07) is 3.00. The molecule has 0 aliphatic heterocycles. The van der Waals surface area contributed by atoms with E-state index < -0.39 is 0 Å². The molecule has 0 spiro atoms. The first-order valence-electron chi connectivity index (χ1n) is 5.13. The summed E-state index contributed by atoms with van der Waals surface area (Å²) in [4.78, 5) is 2.82. The average molecular weight is 274 g/mol.